The van der Waals surface area contributed by atoms with E-state index in [1.807, 2.05) is 32.1 Å². The van der Waals surface area contributed by atoms with Crippen LogP contribution in [0.3, 0.4) is 0 Å². The molecule has 1 nitrogen and oxygen atoms in total. The van der Waals surface area contributed by atoms with Gasteiger partial charge in [-0.15, -0.1) is 0 Å². The van der Waals surface area contributed by atoms with Crippen LogP contribution in [0.1, 0.15) is 68.8 Å². The standard InChI is InChI=1S/C18H26O/c1-4-6-7-8-9-10-16-11-13-17(14-12-16)18(19)15(3)5-2/h5,11-14H,4,6-10H2,1-3H3/b15-5+. The van der Waals surface area contributed by atoms with Gasteiger partial charge in [0.2, 0.25) is 0 Å². The third-order valence-corrected chi connectivity index (χ3v) is 3.58. The highest BCUT2D eigenvalue weighted by Gasteiger charge is 2.06. The van der Waals surface area contributed by atoms with Crippen molar-refractivity contribution in [2.45, 2.75) is 59.3 Å². The van der Waals surface area contributed by atoms with E-state index in [1.165, 1.54) is 37.7 Å². The first kappa shape index (κ1) is 15.7. The summed E-state index contributed by atoms with van der Waals surface area (Å²) < 4.78 is 0. The molecule has 19 heavy (non-hydrogen) atoms. The maximum atomic E-state index is 12.0. The minimum absolute atomic E-state index is 0.136. The van der Waals surface area contributed by atoms with Crippen molar-refractivity contribution >= 4 is 5.78 Å². The number of Topliss-reactive ketones (excluding diaryl/α,β-unsaturated/α-hetero) is 1. The van der Waals surface area contributed by atoms with Gasteiger partial charge in [0.1, 0.15) is 0 Å². The normalized spacial score (nSPS) is 11.6. The largest absolute Gasteiger partial charge is 0.289 e. The van der Waals surface area contributed by atoms with Crippen molar-refractivity contribution in [1.82, 2.24) is 0 Å². The molecule has 0 aliphatic carbocycles. The molecule has 1 aromatic carbocycles. The van der Waals surface area contributed by atoms with Crippen molar-refractivity contribution in [1.29, 1.82) is 0 Å². The topological polar surface area (TPSA) is 17.1 Å². The summed E-state index contributed by atoms with van der Waals surface area (Å²) in [4.78, 5) is 12.0. The number of benzene rings is 1. The molecule has 0 aliphatic rings. The van der Waals surface area contributed by atoms with Crippen LogP contribution in [0.5, 0.6) is 0 Å². The number of ketones is 1. The van der Waals surface area contributed by atoms with Gasteiger partial charge in [-0.3, -0.25) is 4.79 Å². The zero-order chi connectivity index (χ0) is 14.1. The van der Waals surface area contributed by atoms with Crippen LogP contribution in [0.4, 0.5) is 0 Å². The van der Waals surface area contributed by atoms with Gasteiger partial charge in [-0.1, -0.05) is 62.9 Å². The molecular formula is C18H26O. The Morgan fingerprint density at radius 1 is 1.05 bits per heavy atom. The van der Waals surface area contributed by atoms with Gasteiger partial charge >= 0.3 is 0 Å². The Bertz CT molecular complexity index is 412. The molecule has 0 unspecified atom stereocenters. The average Bonchev–Trinajstić information content (AvgIpc) is 2.46. The van der Waals surface area contributed by atoms with Crippen molar-refractivity contribution in [3.8, 4) is 0 Å². The summed E-state index contributed by atoms with van der Waals surface area (Å²) in [6.45, 7) is 6.00. The molecule has 0 N–H and O–H groups in total. The molecule has 0 aromatic heterocycles. The molecule has 0 spiro atoms. The van der Waals surface area contributed by atoms with Crippen LogP contribution >= 0.6 is 0 Å². The molecule has 0 aliphatic heterocycles. The van der Waals surface area contributed by atoms with E-state index in [0.717, 1.165) is 17.6 Å². The molecule has 0 saturated heterocycles. The Labute approximate surface area is 117 Å². The highest BCUT2D eigenvalue weighted by atomic mass is 16.1. The van der Waals surface area contributed by atoms with Gasteiger partial charge in [-0.2, -0.15) is 0 Å². The summed E-state index contributed by atoms with van der Waals surface area (Å²) in [5, 5.41) is 0. The molecule has 1 heteroatoms. The zero-order valence-electron chi connectivity index (χ0n) is 12.5. The lowest BCUT2D eigenvalue weighted by atomic mass is 10.0. The van der Waals surface area contributed by atoms with Crippen molar-refractivity contribution in [2.24, 2.45) is 0 Å². The summed E-state index contributed by atoms with van der Waals surface area (Å²) in [6.07, 6.45) is 9.53. The fourth-order valence-corrected chi connectivity index (χ4v) is 2.11. The van der Waals surface area contributed by atoms with Gasteiger partial charge in [0.05, 0.1) is 0 Å². The van der Waals surface area contributed by atoms with Crippen LogP contribution in [0.25, 0.3) is 0 Å². The van der Waals surface area contributed by atoms with Gasteiger partial charge in [0, 0.05) is 5.56 Å². The van der Waals surface area contributed by atoms with Gasteiger partial charge < -0.3 is 0 Å². The second-order valence-electron chi connectivity index (χ2n) is 5.16. The average molecular weight is 258 g/mol. The second kappa shape index (κ2) is 8.68. The number of rotatable bonds is 8. The molecular weight excluding hydrogens is 232 g/mol. The van der Waals surface area contributed by atoms with Crippen molar-refractivity contribution < 1.29 is 4.79 Å². The van der Waals surface area contributed by atoms with E-state index >= 15 is 0 Å². The monoisotopic (exact) mass is 258 g/mol. The molecule has 0 heterocycles. The smallest absolute Gasteiger partial charge is 0.188 e. The van der Waals surface area contributed by atoms with Crippen LogP contribution in [0.15, 0.2) is 35.9 Å². The highest BCUT2D eigenvalue weighted by molar-refractivity contribution is 6.08. The van der Waals surface area contributed by atoms with Gasteiger partial charge in [-0.05, 0) is 37.8 Å². The van der Waals surface area contributed by atoms with Crippen LogP contribution in [-0.2, 0) is 6.42 Å². The molecule has 1 rings (SSSR count). The number of carbonyl (C=O) groups is 1. The van der Waals surface area contributed by atoms with Crippen LogP contribution in [-0.4, -0.2) is 5.78 Å². The third-order valence-electron chi connectivity index (χ3n) is 3.58. The van der Waals surface area contributed by atoms with E-state index in [-0.39, 0.29) is 5.78 Å². The van der Waals surface area contributed by atoms with E-state index < -0.39 is 0 Å². The minimum Gasteiger partial charge on any atom is -0.289 e. The van der Waals surface area contributed by atoms with Crippen LogP contribution in [0, 0.1) is 0 Å². The third kappa shape index (κ3) is 5.42. The SMILES string of the molecule is C/C=C(\C)C(=O)c1ccc(CCCCCCC)cc1. The Balaban J connectivity index is 2.46. The Morgan fingerprint density at radius 2 is 1.68 bits per heavy atom. The first-order valence-electron chi connectivity index (χ1n) is 7.45. The van der Waals surface area contributed by atoms with Gasteiger partial charge in [0.15, 0.2) is 5.78 Å². The molecule has 0 fully saturated rings. The first-order chi connectivity index (χ1) is 9.19. The summed E-state index contributed by atoms with van der Waals surface area (Å²) in [6, 6.07) is 8.10. The van der Waals surface area contributed by atoms with Crippen molar-refractivity contribution in [2.75, 3.05) is 0 Å². The van der Waals surface area contributed by atoms with E-state index in [1.54, 1.807) is 0 Å². The van der Waals surface area contributed by atoms with Crippen molar-refractivity contribution in [3.63, 3.8) is 0 Å². The number of hydrogen-bond acceptors (Lipinski definition) is 1. The second-order valence-corrected chi connectivity index (χ2v) is 5.16. The number of hydrogen-bond donors (Lipinski definition) is 0. The summed E-state index contributed by atoms with van der Waals surface area (Å²) >= 11 is 0. The summed E-state index contributed by atoms with van der Waals surface area (Å²) in [5.74, 6) is 0.136. The molecule has 0 bridgehead atoms. The molecule has 0 radical (unpaired) electrons. The number of unbranched alkanes of at least 4 members (excludes halogenated alkanes) is 4. The molecule has 0 saturated carbocycles. The van der Waals surface area contributed by atoms with Gasteiger partial charge in [-0.25, -0.2) is 0 Å². The molecule has 0 atom stereocenters. The maximum absolute atomic E-state index is 12.0. The Morgan fingerprint density at radius 3 is 2.26 bits per heavy atom. The van der Waals surface area contributed by atoms with E-state index in [4.69, 9.17) is 0 Å². The Hall–Kier alpha value is -1.37. The van der Waals surface area contributed by atoms with Crippen LogP contribution in [0.2, 0.25) is 0 Å². The number of allylic oxidation sites excluding steroid dienone is 2. The maximum Gasteiger partial charge on any atom is 0.188 e. The van der Waals surface area contributed by atoms with Crippen molar-refractivity contribution in [3.05, 3.63) is 47.0 Å². The lowest BCUT2D eigenvalue weighted by Crippen LogP contribution is -2.00. The molecule has 104 valence electrons. The predicted octanol–water partition coefficient (Wildman–Crippen LogP) is 5.35. The predicted molar refractivity (Wildman–Crippen MR) is 82.7 cm³/mol. The molecule has 1 aromatic rings. The van der Waals surface area contributed by atoms with Crippen LogP contribution < -0.4 is 0 Å². The van der Waals surface area contributed by atoms with Gasteiger partial charge in [0.25, 0.3) is 0 Å². The fraction of sp³-hybridized carbons (Fsp3) is 0.500. The lowest BCUT2D eigenvalue weighted by Gasteiger charge is -2.04. The molecule has 0 amide bonds. The lowest BCUT2D eigenvalue weighted by molar-refractivity contribution is 0.103. The summed E-state index contributed by atoms with van der Waals surface area (Å²) in [5.41, 5.74) is 2.95. The summed E-state index contributed by atoms with van der Waals surface area (Å²) in [7, 11) is 0. The quantitative estimate of drug-likeness (QED) is 0.349. The highest BCUT2D eigenvalue weighted by Crippen LogP contribution is 2.13. The number of aryl methyl sites for hydroxylation is 1. The van der Waals surface area contributed by atoms with E-state index in [0.29, 0.717) is 0 Å². The fourth-order valence-electron chi connectivity index (χ4n) is 2.11. The zero-order valence-corrected chi connectivity index (χ0v) is 12.5. The Kier molecular flexibility index (Phi) is 7.17. The minimum atomic E-state index is 0.136. The van der Waals surface area contributed by atoms with E-state index in [2.05, 4.69) is 19.1 Å². The first-order valence-corrected chi connectivity index (χ1v) is 7.45. The number of carbonyl (C=O) groups excluding carboxylic acids is 1. The van der Waals surface area contributed by atoms with E-state index in [9.17, 15) is 4.79 Å².